The highest BCUT2D eigenvalue weighted by Gasteiger charge is 2.29. The molecular weight excluding hydrogens is 294 g/mol. The van der Waals surface area contributed by atoms with Crippen LogP contribution in [0.25, 0.3) is 11.0 Å². The molecule has 1 amide bonds. The lowest BCUT2D eigenvalue weighted by atomic mass is 10.1. The van der Waals surface area contributed by atoms with Gasteiger partial charge in [-0.1, -0.05) is 15.9 Å². The number of carbonyl (C=O) groups is 1. The van der Waals surface area contributed by atoms with E-state index in [1.54, 1.807) is 6.26 Å². The van der Waals surface area contributed by atoms with Gasteiger partial charge in [0.15, 0.2) is 0 Å². The van der Waals surface area contributed by atoms with Gasteiger partial charge in [0, 0.05) is 22.3 Å². The van der Waals surface area contributed by atoms with Gasteiger partial charge >= 0.3 is 0 Å². The van der Waals surface area contributed by atoms with Crippen LogP contribution in [0.5, 0.6) is 0 Å². The van der Waals surface area contributed by atoms with Gasteiger partial charge in [-0.25, -0.2) is 0 Å². The second-order valence-corrected chi connectivity index (χ2v) is 5.63. The Hall–Kier alpha value is -1.29. The molecule has 1 saturated carbocycles. The van der Waals surface area contributed by atoms with Crippen LogP contribution in [-0.4, -0.2) is 12.5 Å². The van der Waals surface area contributed by atoms with E-state index in [1.807, 2.05) is 12.1 Å². The number of fused-ring (bicyclic) bond motifs is 1. The van der Waals surface area contributed by atoms with Gasteiger partial charge in [-0.2, -0.15) is 0 Å². The van der Waals surface area contributed by atoms with E-state index < -0.39 is 0 Å². The molecule has 0 aliphatic heterocycles. The van der Waals surface area contributed by atoms with Crippen molar-refractivity contribution >= 4 is 32.8 Å². The summed E-state index contributed by atoms with van der Waals surface area (Å²) in [7, 11) is 0. The van der Waals surface area contributed by atoms with Gasteiger partial charge in [0.2, 0.25) is 5.91 Å². The zero-order valence-electron chi connectivity index (χ0n) is 9.91. The second-order valence-electron chi connectivity index (χ2n) is 4.72. The Bertz CT molecular complexity index is 586. The third-order valence-corrected chi connectivity index (χ3v) is 3.75. The maximum absolute atomic E-state index is 11.5. The number of amides is 1. The first-order valence-electron chi connectivity index (χ1n) is 6.17. The first kappa shape index (κ1) is 11.8. The van der Waals surface area contributed by atoms with Crippen LogP contribution in [0, 0.1) is 5.92 Å². The van der Waals surface area contributed by atoms with Crippen LogP contribution in [0.2, 0.25) is 0 Å². The molecule has 1 N–H and O–H groups in total. The van der Waals surface area contributed by atoms with Crippen LogP contribution >= 0.6 is 15.9 Å². The lowest BCUT2D eigenvalue weighted by Crippen LogP contribution is -2.26. The molecule has 3 nitrogen and oxygen atoms in total. The minimum atomic E-state index is 0.198. The predicted octanol–water partition coefficient (Wildman–Crippen LogP) is 3.26. The predicted molar refractivity (Wildman–Crippen MR) is 73.4 cm³/mol. The average molecular weight is 308 g/mol. The highest BCUT2D eigenvalue weighted by atomic mass is 79.9. The van der Waals surface area contributed by atoms with E-state index in [2.05, 4.69) is 27.3 Å². The first-order valence-corrected chi connectivity index (χ1v) is 6.96. The monoisotopic (exact) mass is 307 g/mol. The number of halogens is 1. The summed E-state index contributed by atoms with van der Waals surface area (Å²) in [5, 5.41) is 4.09. The van der Waals surface area contributed by atoms with Crippen molar-refractivity contribution in [3.8, 4) is 0 Å². The molecule has 1 fully saturated rings. The average Bonchev–Trinajstić information content (AvgIpc) is 3.13. The number of benzene rings is 1. The molecule has 0 unspecified atom stereocenters. The maximum Gasteiger partial charge on any atom is 0.223 e. The summed E-state index contributed by atoms with van der Waals surface area (Å²) in [6, 6.07) is 5.97. The molecule has 2 aromatic rings. The third kappa shape index (κ3) is 2.43. The summed E-state index contributed by atoms with van der Waals surface area (Å²) in [5.41, 5.74) is 2.03. The molecule has 1 aromatic heterocycles. The molecule has 3 rings (SSSR count). The number of carbonyl (C=O) groups excluding carboxylic acids is 1. The molecule has 18 heavy (non-hydrogen) atoms. The SMILES string of the molecule is O=C(NCCc1coc2ccc(Br)cc12)C1CC1. The van der Waals surface area contributed by atoms with E-state index in [-0.39, 0.29) is 11.8 Å². The Morgan fingerprint density at radius 3 is 3.06 bits per heavy atom. The number of rotatable bonds is 4. The fourth-order valence-electron chi connectivity index (χ4n) is 2.06. The van der Waals surface area contributed by atoms with Crippen molar-refractivity contribution in [3.05, 3.63) is 34.5 Å². The smallest absolute Gasteiger partial charge is 0.223 e. The van der Waals surface area contributed by atoms with Crippen molar-refractivity contribution in [2.45, 2.75) is 19.3 Å². The Kier molecular flexibility index (Phi) is 3.12. The molecule has 1 aliphatic carbocycles. The molecular formula is C14H14BrNO2. The standard InChI is InChI=1S/C14H14BrNO2/c15-11-3-4-13-12(7-11)10(8-18-13)5-6-16-14(17)9-1-2-9/h3-4,7-9H,1-2,5-6H2,(H,16,17). The van der Waals surface area contributed by atoms with E-state index in [0.717, 1.165) is 40.3 Å². The third-order valence-electron chi connectivity index (χ3n) is 3.26. The highest BCUT2D eigenvalue weighted by Crippen LogP contribution is 2.29. The van der Waals surface area contributed by atoms with Crippen molar-refractivity contribution < 1.29 is 9.21 Å². The largest absolute Gasteiger partial charge is 0.464 e. The molecule has 1 aliphatic rings. The van der Waals surface area contributed by atoms with Crippen LogP contribution in [0.1, 0.15) is 18.4 Å². The van der Waals surface area contributed by atoms with Crippen molar-refractivity contribution in [2.24, 2.45) is 5.92 Å². The Balaban J connectivity index is 1.66. The van der Waals surface area contributed by atoms with Crippen LogP contribution in [-0.2, 0) is 11.2 Å². The Morgan fingerprint density at radius 1 is 1.44 bits per heavy atom. The summed E-state index contributed by atoms with van der Waals surface area (Å²) in [4.78, 5) is 11.5. The van der Waals surface area contributed by atoms with Gasteiger partial charge in [-0.15, -0.1) is 0 Å². The van der Waals surface area contributed by atoms with Gasteiger partial charge in [-0.05, 0) is 43.0 Å². The normalized spacial score (nSPS) is 14.9. The van der Waals surface area contributed by atoms with Crippen molar-refractivity contribution in [3.63, 3.8) is 0 Å². The van der Waals surface area contributed by atoms with Gasteiger partial charge in [0.05, 0.1) is 6.26 Å². The molecule has 0 bridgehead atoms. The summed E-state index contributed by atoms with van der Waals surface area (Å²) >= 11 is 3.46. The molecule has 1 heterocycles. The zero-order chi connectivity index (χ0) is 12.5. The highest BCUT2D eigenvalue weighted by molar-refractivity contribution is 9.10. The minimum Gasteiger partial charge on any atom is -0.464 e. The molecule has 1 aromatic carbocycles. The quantitative estimate of drug-likeness (QED) is 0.942. The van der Waals surface area contributed by atoms with Gasteiger partial charge in [-0.3, -0.25) is 4.79 Å². The van der Waals surface area contributed by atoms with Crippen molar-refractivity contribution in [1.82, 2.24) is 5.32 Å². The van der Waals surface area contributed by atoms with Gasteiger partial charge < -0.3 is 9.73 Å². The second kappa shape index (κ2) is 4.76. The van der Waals surface area contributed by atoms with E-state index in [9.17, 15) is 4.79 Å². The molecule has 0 saturated heterocycles. The van der Waals surface area contributed by atoms with Crippen LogP contribution in [0.15, 0.2) is 33.4 Å². The van der Waals surface area contributed by atoms with Crippen LogP contribution in [0.4, 0.5) is 0 Å². The molecule has 0 atom stereocenters. The summed E-state index contributed by atoms with van der Waals surface area (Å²) < 4.78 is 6.53. The van der Waals surface area contributed by atoms with Crippen LogP contribution in [0.3, 0.4) is 0 Å². The maximum atomic E-state index is 11.5. The van der Waals surface area contributed by atoms with Gasteiger partial charge in [0.25, 0.3) is 0 Å². The first-order chi connectivity index (χ1) is 8.74. The van der Waals surface area contributed by atoms with Crippen molar-refractivity contribution in [2.75, 3.05) is 6.54 Å². The van der Waals surface area contributed by atoms with E-state index in [4.69, 9.17) is 4.42 Å². The van der Waals surface area contributed by atoms with E-state index in [1.165, 1.54) is 0 Å². The Morgan fingerprint density at radius 2 is 2.28 bits per heavy atom. The number of hydrogen-bond donors (Lipinski definition) is 1. The van der Waals surface area contributed by atoms with Crippen LogP contribution < -0.4 is 5.32 Å². The summed E-state index contributed by atoms with van der Waals surface area (Å²) in [6.07, 6.45) is 4.68. The summed E-state index contributed by atoms with van der Waals surface area (Å²) in [6.45, 7) is 0.677. The summed E-state index contributed by atoms with van der Waals surface area (Å²) in [5.74, 6) is 0.476. The van der Waals surface area contributed by atoms with E-state index in [0.29, 0.717) is 6.54 Å². The number of hydrogen-bond acceptors (Lipinski definition) is 2. The fraction of sp³-hybridized carbons (Fsp3) is 0.357. The molecule has 0 radical (unpaired) electrons. The number of furan rings is 1. The molecule has 4 heteroatoms. The van der Waals surface area contributed by atoms with E-state index >= 15 is 0 Å². The molecule has 94 valence electrons. The lowest BCUT2D eigenvalue weighted by molar-refractivity contribution is -0.122. The van der Waals surface area contributed by atoms with Gasteiger partial charge in [0.1, 0.15) is 5.58 Å². The Labute approximate surface area is 114 Å². The fourth-order valence-corrected chi connectivity index (χ4v) is 2.42. The minimum absolute atomic E-state index is 0.198. The molecule has 0 spiro atoms. The number of nitrogens with one attached hydrogen (secondary N) is 1. The zero-order valence-corrected chi connectivity index (χ0v) is 11.5. The van der Waals surface area contributed by atoms with Crippen molar-refractivity contribution in [1.29, 1.82) is 0 Å². The lowest BCUT2D eigenvalue weighted by Gasteiger charge is -2.02. The topological polar surface area (TPSA) is 42.2 Å².